The van der Waals surface area contributed by atoms with Crippen LogP contribution in [0.4, 0.5) is 0 Å². The van der Waals surface area contributed by atoms with Gasteiger partial charge in [-0.1, -0.05) is 24.6 Å². The first kappa shape index (κ1) is 13.8. The van der Waals surface area contributed by atoms with Gasteiger partial charge in [-0.15, -0.1) is 11.3 Å². The van der Waals surface area contributed by atoms with E-state index in [0.29, 0.717) is 12.0 Å². The van der Waals surface area contributed by atoms with E-state index in [1.165, 1.54) is 17.7 Å². The minimum Gasteiger partial charge on any atom is -0.339 e. The summed E-state index contributed by atoms with van der Waals surface area (Å²) in [5, 5.41) is 9.83. The maximum Gasteiger partial charge on any atom is 0.231 e. The lowest BCUT2D eigenvalue weighted by Crippen LogP contribution is -2.31. The topological polar surface area (TPSA) is 51.0 Å². The summed E-state index contributed by atoms with van der Waals surface area (Å²) in [7, 11) is 0. The molecule has 1 aliphatic carbocycles. The molecule has 1 saturated carbocycles. The quantitative estimate of drug-likeness (QED) is 0.886. The SMILES string of the molecule is CCCNC1CCCC1c1nc(Cc2cccs2)no1. The summed E-state index contributed by atoms with van der Waals surface area (Å²) >= 11 is 1.74. The highest BCUT2D eigenvalue weighted by atomic mass is 32.1. The number of aromatic nitrogens is 2. The first-order valence-electron chi connectivity index (χ1n) is 7.45. The van der Waals surface area contributed by atoms with Gasteiger partial charge in [0.05, 0.1) is 5.92 Å². The van der Waals surface area contributed by atoms with Crippen LogP contribution < -0.4 is 5.32 Å². The van der Waals surface area contributed by atoms with Crippen molar-refractivity contribution in [2.24, 2.45) is 0 Å². The molecule has 1 fully saturated rings. The van der Waals surface area contributed by atoms with Crippen LogP contribution in [-0.4, -0.2) is 22.7 Å². The highest BCUT2D eigenvalue weighted by molar-refractivity contribution is 7.09. The van der Waals surface area contributed by atoms with Crippen LogP contribution in [0.25, 0.3) is 0 Å². The van der Waals surface area contributed by atoms with Crippen molar-refractivity contribution >= 4 is 11.3 Å². The van der Waals surface area contributed by atoms with Crippen molar-refractivity contribution in [3.05, 3.63) is 34.1 Å². The zero-order valence-corrected chi connectivity index (χ0v) is 12.7. The molecule has 2 heterocycles. The molecule has 0 radical (unpaired) electrons. The normalized spacial score (nSPS) is 22.4. The van der Waals surface area contributed by atoms with Crippen molar-refractivity contribution in [1.29, 1.82) is 0 Å². The third-order valence-electron chi connectivity index (χ3n) is 3.89. The van der Waals surface area contributed by atoms with E-state index in [-0.39, 0.29) is 0 Å². The molecule has 2 unspecified atom stereocenters. The summed E-state index contributed by atoms with van der Waals surface area (Å²) in [6, 6.07) is 4.68. The van der Waals surface area contributed by atoms with E-state index in [2.05, 4.69) is 39.9 Å². The Bertz CT molecular complexity index is 523. The largest absolute Gasteiger partial charge is 0.339 e. The minimum atomic E-state index is 0.395. The molecule has 0 aromatic carbocycles. The number of nitrogens with one attached hydrogen (secondary N) is 1. The van der Waals surface area contributed by atoms with Gasteiger partial charge in [0.25, 0.3) is 0 Å². The Kier molecular flexibility index (Phi) is 4.47. The highest BCUT2D eigenvalue weighted by Crippen LogP contribution is 2.33. The Balaban J connectivity index is 1.66. The number of nitrogens with zero attached hydrogens (tertiary/aromatic N) is 2. The lowest BCUT2D eigenvalue weighted by atomic mass is 10.0. The van der Waals surface area contributed by atoms with Gasteiger partial charge in [-0.3, -0.25) is 0 Å². The third-order valence-corrected chi connectivity index (χ3v) is 4.76. The van der Waals surface area contributed by atoms with Crippen LogP contribution in [0.2, 0.25) is 0 Å². The molecule has 2 atom stereocenters. The van der Waals surface area contributed by atoms with Gasteiger partial charge in [0, 0.05) is 17.3 Å². The lowest BCUT2D eigenvalue weighted by molar-refractivity contribution is 0.328. The van der Waals surface area contributed by atoms with Crippen LogP contribution in [0.3, 0.4) is 0 Å². The fourth-order valence-corrected chi connectivity index (χ4v) is 3.59. The van der Waals surface area contributed by atoms with Gasteiger partial charge in [-0.2, -0.15) is 4.98 Å². The fraction of sp³-hybridized carbons (Fsp3) is 0.600. The highest BCUT2D eigenvalue weighted by Gasteiger charge is 2.32. The minimum absolute atomic E-state index is 0.395. The summed E-state index contributed by atoms with van der Waals surface area (Å²) in [5.74, 6) is 2.03. The van der Waals surface area contributed by atoms with Crippen LogP contribution in [0.15, 0.2) is 22.0 Å². The Labute approximate surface area is 123 Å². The molecule has 4 nitrogen and oxygen atoms in total. The Hall–Kier alpha value is -1.20. The molecule has 0 aliphatic heterocycles. The predicted octanol–water partition coefficient (Wildman–Crippen LogP) is 3.36. The zero-order chi connectivity index (χ0) is 13.8. The van der Waals surface area contributed by atoms with E-state index < -0.39 is 0 Å². The molecule has 0 amide bonds. The van der Waals surface area contributed by atoms with Crippen LogP contribution in [0.5, 0.6) is 0 Å². The molecule has 0 bridgehead atoms. The van der Waals surface area contributed by atoms with Crippen molar-refractivity contribution in [2.75, 3.05) is 6.54 Å². The molecule has 1 N–H and O–H groups in total. The zero-order valence-electron chi connectivity index (χ0n) is 11.8. The molecular formula is C15H21N3OS. The molecule has 0 saturated heterocycles. The summed E-state index contributed by atoms with van der Waals surface area (Å²) in [4.78, 5) is 5.90. The van der Waals surface area contributed by atoms with Crippen LogP contribution >= 0.6 is 11.3 Å². The van der Waals surface area contributed by atoms with Crippen molar-refractivity contribution in [3.63, 3.8) is 0 Å². The fourth-order valence-electron chi connectivity index (χ4n) is 2.89. The van der Waals surface area contributed by atoms with E-state index in [1.807, 2.05) is 0 Å². The summed E-state index contributed by atoms with van der Waals surface area (Å²) in [5.41, 5.74) is 0. The number of hydrogen-bond acceptors (Lipinski definition) is 5. The maximum absolute atomic E-state index is 5.51. The molecular weight excluding hydrogens is 270 g/mol. The van der Waals surface area contributed by atoms with Crippen LogP contribution in [0, 0.1) is 0 Å². The summed E-state index contributed by atoms with van der Waals surface area (Å²) in [6.07, 6.45) is 5.56. The maximum atomic E-state index is 5.51. The van der Waals surface area contributed by atoms with Gasteiger partial charge in [0.15, 0.2) is 5.82 Å². The van der Waals surface area contributed by atoms with E-state index in [1.54, 1.807) is 11.3 Å². The second-order valence-corrected chi connectivity index (χ2v) is 6.44. The second kappa shape index (κ2) is 6.50. The predicted molar refractivity (Wildman–Crippen MR) is 80.1 cm³/mol. The molecule has 2 aromatic heterocycles. The van der Waals surface area contributed by atoms with Gasteiger partial charge in [-0.05, 0) is 37.3 Å². The van der Waals surface area contributed by atoms with E-state index in [9.17, 15) is 0 Å². The number of hydrogen-bond donors (Lipinski definition) is 1. The standard InChI is InChI=1S/C15H21N3OS/c1-2-8-16-13-7-3-6-12(13)15-17-14(18-19-15)10-11-5-4-9-20-11/h4-5,9,12-13,16H,2-3,6-8,10H2,1H3. The van der Waals surface area contributed by atoms with Crippen molar-refractivity contribution in [3.8, 4) is 0 Å². The molecule has 0 spiro atoms. The van der Waals surface area contributed by atoms with E-state index in [0.717, 1.165) is 37.5 Å². The van der Waals surface area contributed by atoms with Gasteiger partial charge in [-0.25, -0.2) is 0 Å². The summed E-state index contributed by atoms with van der Waals surface area (Å²) in [6.45, 7) is 3.26. The number of thiophene rings is 1. The molecule has 5 heteroatoms. The summed E-state index contributed by atoms with van der Waals surface area (Å²) < 4.78 is 5.51. The Morgan fingerprint density at radius 3 is 3.20 bits per heavy atom. The Morgan fingerprint density at radius 1 is 1.45 bits per heavy atom. The van der Waals surface area contributed by atoms with Crippen molar-refractivity contribution < 1.29 is 4.52 Å². The van der Waals surface area contributed by atoms with Crippen LogP contribution in [-0.2, 0) is 6.42 Å². The van der Waals surface area contributed by atoms with Gasteiger partial charge >= 0.3 is 0 Å². The smallest absolute Gasteiger partial charge is 0.231 e. The molecule has 20 heavy (non-hydrogen) atoms. The van der Waals surface area contributed by atoms with Gasteiger partial charge < -0.3 is 9.84 Å². The average Bonchev–Trinajstić information content (AvgIpc) is 3.17. The van der Waals surface area contributed by atoms with Gasteiger partial charge in [0.1, 0.15) is 0 Å². The second-order valence-electron chi connectivity index (χ2n) is 5.40. The van der Waals surface area contributed by atoms with Crippen molar-refractivity contribution in [2.45, 2.75) is 51.0 Å². The first-order valence-corrected chi connectivity index (χ1v) is 8.33. The van der Waals surface area contributed by atoms with E-state index in [4.69, 9.17) is 4.52 Å². The first-order chi connectivity index (χ1) is 9.86. The molecule has 1 aliphatic rings. The van der Waals surface area contributed by atoms with Crippen molar-refractivity contribution in [1.82, 2.24) is 15.5 Å². The van der Waals surface area contributed by atoms with Gasteiger partial charge in [0.2, 0.25) is 5.89 Å². The molecule has 2 aromatic rings. The van der Waals surface area contributed by atoms with Crippen LogP contribution in [0.1, 0.15) is 55.1 Å². The average molecular weight is 291 g/mol. The number of rotatable bonds is 6. The molecule has 3 rings (SSSR count). The van der Waals surface area contributed by atoms with E-state index >= 15 is 0 Å². The Morgan fingerprint density at radius 2 is 2.40 bits per heavy atom. The monoisotopic (exact) mass is 291 g/mol. The molecule has 108 valence electrons. The third kappa shape index (κ3) is 3.10. The lowest BCUT2D eigenvalue weighted by Gasteiger charge is -2.17.